The Hall–Kier alpha value is -1.63. The second-order valence-electron chi connectivity index (χ2n) is 7.81. The Balaban J connectivity index is 1.34. The van der Waals surface area contributed by atoms with Crippen molar-refractivity contribution in [1.82, 2.24) is 19.9 Å². The molecule has 4 rings (SSSR count). The van der Waals surface area contributed by atoms with E-state index in [1.807, 2.05) is 24.3 Å². The highest BCUT2D eigenvalue weighted by Crippen LogP contribution is 2.31. The molecule has 1 aliphatic heterocycles. The van der Waals surface area contributed by atoms with Crippen molar-refractivity contribution in [2.75, 3.05) is 26.7 Å². The number of pyridine rings is 1. The summed E-state index contributed by atoms with van der Waals surface area (Å²) < 4.78 is 6.78. The summed E-state index contributed by atoms with van der Waals surface area (Å²) in [5.74, 6) is 2.24. The number of nitrogens with zero attached hydrogens (tertiary/aromatic N) is 3. The van der Waals surface area contributed by atoms with Gasteiger partial charge in [0.15, 0.2) is 0 Å². The van der Waals surface area contributed by atoms with Crippen molar-refractivity contribution in [3.63, 3.8) is 0 Å². The Morgan fingerprint density at radius 3 is 2.90 bits per heavy atom. The van der Waals surface area contributed by atoms with Gasteiger partial charge in [-0.3, -0.25) is 0 Å². The summed E-state index contributed by atoms with van der Waals surface area (Å²) in [6.07, 6.45) is 7.99. The van der Waals surface area contributed by atoms with Gasteiger partial charge in [-0.15, -0.1) is 0 Å². The lowest BCUT2D eigenvalue weighted by Gasteiger charge is -2.28. The zero-order chi connectivity index (χ0) is 20.2. The Bertz CT molecular complexity index is 969. The van der Waals surface area contributed by atoms with Crippen LogP contribution in [-0.4, -0.2) is 46.6 Å². The van der Waals surface area contributed by atoms with Crippen LogP contribution >= 0.6 is 27.5 Å². The molecule has 1 fully saturated rings. The van der Waals surface area contributed by atoms with E-state index in [0.717, 1.165) is 39.2 Å². The maximum absolute atomic E-state index is 6.26. The summed E-state index contributed by atoms with van der Waals surface area (Å²) in [5.41, 5.74) is 2.59. The molecule has 3 aromatic rings. The molecule has 1 saturated heterocycles. The number of imidazole rings is 1. The van der Waals surface area contributed by atoms with Gasteiger partial charge in [0.1, 0.15) is 11.3 Å². The number of para-hydroxylation sites is 1. The Morgan fingerprint density at radius 1 is 1.28 bits per heavy atom. The number of unbranched alkanes of at least 4 members (excludes halogenated alkanes) is 1. The van der Waals surface area contributed by atoms with Crippen LogP contribution in [0.15, 0.2) is 34.9 Å². The Labute approximate surface area is 185 Å². The minimum absolute atomic E-state index is 0.619. The van der Waals surface area contributed by atoms with Gasteiger partial charge in [0.05, 0.1) is 17.1 Å². The molecule has 1 aromatic carbocycles. The number of H-pyrrole nitrogens is 1. The van der Waals surface area contributed by atoms with Crippen LogP contribution < -0.4 is 4.74 Å². The highest BCUT2D eigenvalue weighted by atomic mass is 79.9. The average molecular weight is 478 g/mol. The molecule has 0 atom stereocenters. The lowest BCUT2D eigenvalue weighted by molar-refractivity contribution is 0.205. The van der Waals surface area contributed by atoms with Crippen LogP contribution in [0.5, 0.6) is 5.88 Å². The molecule has 0 amide bonds. The van der Waals surface area contributed by atoms with Crippen LogP contribution in [0.25, 0.3) is 22.4 Å². The number of benzene rings is 1. The zero-order valence-electron chi connectivity index (χ0n) is 16.6. The van der Waals surface area contributed by atoms with Crippen molar-refractivity contribution in [1.29, 1.82) is 0 Å². The van der Waals surface area contributed by atoms with E-state index in [2.05, 4.69) is 42.8 Å². The third-order valence-electron chi connectivity index (χ3n) is 5.64. The third kappa shape index (κ3) is 5.11. The van der Waals surface area contributed by atoms with E-state index >= 15 is 0 Å². The van der Waals surface area contributed by atoms with Crippen LogP contribution in [0.2, 0.25) is 5.02 Å². The van der Waals surface area contributed by atoms with Gasteiger partial charge in [-0.25, -0.2) is 9.97 Å². The highest BCUT2D eigenvalue weighted by molar-refractivity contribution is 9.10. The molecule has 2 aromatic heterocycles. The van der Waals surface area contributed by atoms with E-state index < -0.39 is 0 Å². The molecule has 3 heterocycles. The number of likely N-dealkylation sites (tertiary alicyclic amines) is 1. The van der Waals surface area contributed by atoms with Crippen LogP contribution in [0.1, 0.15) is 32.1 Å². The fourth-order valence-corrected chi connectivity index (χ4v) is 4.49. The van der Waals surface area contributed by atoms with Gasteiger partial charge in [0, 0.05) is 22.3 Å². The molecular weight excluding hydrogens is 452 g/mol. The monoisotopic (exact) mass is 476 g/mol. The second kappa shape index (κ2) is 9.45. The summed E-state index contributed by atoms with van der Waals surface area (Å²) in [5, 5.41) is 0.635. The normalized spacial score (nSPS) is 15.8. The topological polar surface area (TPSA) is 54.0 Å². The highest BCUT2D eigenvalue weighted by Gasteiger charge is 2.16. The van der Waals surface area contributed by atoms with Crippen molar-refractivity contribution in [2.24, 2.45) is 5.92 Å². The van der Waals surface area contributed by atoms with Gasteiger partial charge < -0.3 is 14.6 Å². The molecule has 5 nitrogen and oxygen atoms in total. The Kier molecular flexibility index (Phi) is 6.73. The van der Waals surface area contributed by atoms with E-state index in [4.69, 9.17) is 16.3 Å². The average Bonchev–Trinajstić information content (AvgIpc) is 3.16. The van der Waals surface area contributed by atoms with Gasteiger partial charge in [-0.1, -0.05) is 24.1 Å². The lowest BCUT2D eigenvalue weighted by Crippen LogP contribution is -2.30. The molecule has 7 heteroatoms. The van der Waals surface area contributed by atoms with Crippen LogP contribution in [0.3, 0.4) is 0 Å². The predicted octanol–water partition coefficient (Wildman–Crippen LogP) is 5.93. The molecule has 0 bridgehead atoms. The standard InChI is InChI=1S/C22H26BrClN4O/c1-28-10-8-15(9-11-28)5-2-3-12-29-20-13-16(17(23)14-25-20)22-26-19-7-4-6-18(24)21(19)27-22/h4,6-7,13-15H,2-3,5,8-12H2,1H3,(H,26,27). The Morgan fingerprint density at radius 2 is 2.10 bits per heavy atom. The zero-order valence-corrected chi connectivity index (χ0v) is 19.0. The quantitative estimate of drug-likeness (QED) is 0.428. The van der Waals surface area contributed by atoms with Crippen molar-refractivity contribution >= 4 is 38.6 Å². The first-order valence-electron chi connectivity index (χ1n) is 10.2. The van der Waals surface area contributed by atoms with Crippen molar-refractivity contribution in [3.05, 3.63) is 40.0 Å². The molecule has 154 valence electrons. The van der Waals surface area contributed by atoms with Gasteiger partial charge >= 0.3 is 0 Å². The number of aromatic amines is 1. The first-order valence-corrected chi connectivity index (χ1v) is 11.4. The first kappa shape index (κ1) is 20.6. The lowest BCUT2D eigenvalue weighted by atomic mass is 9.92. The smallest absolute Gasteiger partial charge is 0.213 e. The van der Waals surface area contributed by atoms with E-state index in [-0.39, 0.29) is 0 Å². The number of halogens is 2. The van der Waals surface area contributed by atoms with Gasteiger partial charge in [-0.2, -0.15) is 0 Å². The van der Waals surface area contributed by atoms with Crippen molar-refractivity contribution in [2.45, 2.75) is 32.1 Å². The number of rotatable bonds is 7. The molecule has 1 aliphatic rings. The number of aromatic nitrogens is 3. The summed E-state index contributed by atoms with van der Waals surface area (Å²) in [6.45, 7) is 3.16. The van der Waals surface area contributed by atoms with Crippen LogP contribution in [-0.2, 0) is 0 Å². The second-order valence-corrected chi connectivity index (χ2v) is 9.08. The van der Waals surface area contributed by atoms with Crippen LogP contribution in [0, 0.1) is 5.92 Å². The number of nitrogens with one attached hydrogen (secondary N) is 1. The maximum Gasteiger partial charge on any atom is 0.213 e. The van der Waals surface area contributed by atoms with Gasteiger partial charge in [-0.05, 0) is 79.8 Å². The molecule has 0 unspecified atom stereocenters. The van der Waals surface area contributed by atoms with E-state index in [0.29, 0.717) is 17.5 Å². The van der Waals surface area contributed by atoms with Gasteiger partial charge in [0.2, 0.25) is 5.88 Å². The SMILES string of the molecule is CN1CCC(CCCCOc2cc(-c3nc4c(Cl)cccc4[nH]3)c(Br)cn2)CC1. The fourth-order valence-electron chi connectivity index (χ4n) is 3.87. The van der Waals surface area contributed by atoms with Gasteiger partial charge in [0.25, 0.3) is 0 Å². The number of fused-ring (bicyclic) bond motifs is 1. The van der Waals surface area contributed by atoms with E-state index in [9.17, 15) is 0 Å². The molecule has 0 saturated carbocycles. The molecule has 1 N–H and O–H groups in total. The number of hydrogen-bond acceptors (Lipinski definition) is 4. The number of piperidine rings is 1. The van der Waals surface area contributed by atoms with Crippen molar-refractivity contribution < 1.29 is 4.74 Å². The minimum Gasteiger partial charge on any atom is -0.478 e. The molecule has 29 heavy (non-hydrogen) atoms. The summed E-state index contributed by atoms with van der Waals surface area (Å²) in [7, 11) is 2.21. The summed E-state index contributed by atoms with van der Waals surface area (Å²) in [4.78, 5) is 14.8. The molecule has 0 aliphatic carbocycles. The predicted molar refractivity (Wildman–Crippen MR) is 122 cm³/mol. The van der Waals surface area contributed by atoms with Crippen molar-refractivity contribution in [3.8, 4) is 17.3 Å². The van der Waals surface area contributed by atoms with Crippen LogP contribution in [0.4, 0.5) is 0 Å². The number of hydrogen-bond donors (Lipinski definition) is 1. The third-order valence-corrected chi connectivity index (χ3v) is 6.58. The summed E-state index contributed by atoms with van der Waals surface area (Å²) >= 11 is 9.83. The summed E-state index contributed by atoms with van der Waals surface area (Å²) in [6, 6.07) is 7.64. The van der Waals surface area contributed by atoms with E-state index in [1.165, 1.54) is 38.8 Å². The largest absolute Gasteiger partial charge is 0.478 e. The molecular formula is C22H26BrClN4O. The first-order chi connectivity index (χ1) is 14.1. The fraction of sp³-hybridized carbons (Fsp3) is 0.455. The maximum atomic E-state index is 6.26. The molecule has 0 spiro atoms. The number of ether oxygens (including phenoxy) is 1. The minimum atomic E-state index is 0.619. The molecule has 0 radical (unpaired) electrons. The van der Waals surface area contributed by atoms with E-state index in [1.54, 1.807) is 6.20 Å².